The van der Waals surface area contributed by atoms with E-state index >= 15 is 0 Å². The molecule has 4 nitrogen and oxygen atoms in total. The summed E-state index contributed by atoms with van der Waals surface area (Å²) in [5.41, 5.74) is 2.24. The predicted molar refractivity (Wildman–Crippen MR) is 66.3 cm³/mol. The van der Waals surface area contributed by atoms with E-state index in [1.807, 2.05) is 37.5 Å². The molecule has 88 valence electrons. The van der Waals surface area contributed by atoms with Crippen LogP contribution in [0.25, 0.3) is 0 Å². The van der Waals surface area contributed by atoms with Crippen LogP contribution in [0.3, 0.4) is 0 Å². The van der Waals surface area contributed by atoms with Crippen LogP contribution in [-0.2, 0) is 6.54 Å². The van der Waals surface area contributed by atoms with Crippen molar-refractivity contribution in [3.8, 4) is 0 Å². The SMILES string of the molecule is Cc1nccc(CN[C@H](C)c2ccncc2)n1. The third kappa shape index (κ3) is 3.32. The Labute approximate surface area is 101 Å². The molecular formula is C13H16N4. The molecule has 0 saturated carbocycles. The van der Waals surface area contributed by atoms with E-state index in [1.54, 1.807) is 6.20 Å². The molecule has 0 aliphatic rings. The molecule has 0 aliphatic heterocycles. The molecule has 0 fully saturated rings. The average molecular weight is 228 g/mol. The highest BCUT2D eigenvalue weighted by atomic mass is 14.9. The Morgan fingerprint density at radius 3 is 2.65 bits per heavy atom. The minimum atomic E-state index is 0.285. The van der Waals surface area contributed by atoms with E-state index in [-0.39, 0.29) is 6.04 Å². The van der Waals surface area contributed by atoms with Gasteiger partial charge in [-0.2, -0.15) is 0 Å². The first kappa shape index (κ1) is 11.7. The lowest BCUT2D eigenvalue weighted by Crippen LogP contribution is -2.19. The molecule has 0 saturated heterocycles. The number of nitrogens with one attached hydrogen (secondary N) is 1. The maximum absolute atomic E-state index is 4.35. The van der Waals surface area contributed by atoms with E-state index in [0.29, 0.717) is 0 Å². The quantitative estimate of drug-likeness (QED) is 0.870. The molecule has 4 heteroatoms. The summed E-state index contributed by atoms with van der Waals surface area (Å²) in [5, 5.41) is 3.42. The fourth-order valence-corrected chi connectivity index (χ4v) is 1.63. The maximum atomic E-state index is 4.35. The zero-order valence-corrected chi connectivity index (χ0v) is 10.1. The Hall–Kier alpha value is -1.81. The zero-order chi connectivity index (χ0) is 12.1. The van der Waals surface area contributed by atoms with Gasteiger partial charge in [0, 0.05) is 31.2 Å². The number of hydrogen-bond donors (Lipinski definition) is 1. The van der Waals surface area contributed by atoms with Crippen molar-refractivity contribution in [1.82, 2.24) is 20.3 Å². The van der Waals surface area contributed by atoms with E-state index in [1.165, 1.54) is 5.56 Å². The summed E-state index contributed by atoms with van der Waals surface area (Å²) in [5.74, 6) is 0.806. The van der Waals surface area contributed by atoms with Crippen LogP contribution < -0.4 is 5.32 Å². The van der Waals surface area contributed by atoms with Crippen molar-refractivity contribution >= 4 is 0 Å². The van der Waals surface area contributed by atoms with E-state index in [9.17, 15) is 0 Å². The fraction of sp³-hybridized carbons (Fsp3) is 0.308. The lowest BCUT2D eigenvalue weighted by atomic mass is 10.1. The summed E-state index contributed by atoms with van der Waals surface area (Å²) >= 11 is 0. The summed E-state index contributed by atoms with van der Waals surface area (Å²) in [6.45, 7) is 4.77. The highest BCUT2D eigenvalue weighted by Gasteiger charge is 2.04. The van der Waals surface area contributed by atoms with Crippen LogP contribution in [0, 0.1) is 6.92 Å². The topological polar surface area (TPSA) is 50.7 Å². The van der Waals surface area contributed by atoms with Crippen LogP contribution >= 0.6 is 0 Å². The Bertz CT molecular complexity index is 470. The van der Waals surface area contributed by atoms with Gasteiger partial charge in [-0.1, -0.05) is 0 Å². The summed E-state index contributed by atoms with van der Waals surface area (Å²) in [7, 11) is 0. The number of nitrogens with zero attached hydrogens (tertiary/aromatic N) is 3. The second-order valence-corrected chi connectivity index (χ2v) is 3.98. The molecule has 1 atom stereocenters. The summed E-state index contributed by atoms with van der Waals surface area (Å²) in [6, 6.07) is 6.25. The van der Waals surface area contributed by atoms with Gasteiger partial charge in [-0.3, -0.25) is 4.98 Å². The monoisotopic (exact) mass is 228 g/mol. The van der Waals surface area contributed by atoms with Crippen molar-refractivity contribution < 1.29 is 0 Å². The minimum absolute atomic E-state index is 0.285. The van der Waals surface area contributed by atoms with Gasteiger partial charge in [0.25, 0.3) is 0 Å². The summed E-state index contributed by atoms with van der Waals surface area (Å²) in [4.78, 5) is 12.4. The molecule has 2 rings (SSSR count). The van der Waals surface area contributed by atoms with Crippen LogP contribution in [-0.4, -0.2) is 15.0 Å². The molecule has 0 spiro atoms. The van der Waals surface area contributed by atoms with Gasteiger partial charge in [-0.25, -0.2) is 9.97 Å². The second-order valence-electron chi connectivity index (χ2n) is 3.98. The van der Waals surface area contributed by atoms with Gasteiger partial charge >= 0.3 is 0 Å². The third-order valence-electron chi connectivity index (χ3n) is 2.63. The third-order valence-corrected chi connectivity index (χ3v) is 2.63. The average Bonchev–Trinajstić information content (AvgIpc) is 2.37. The van der Waals surface area contributed by atoms with E-state index in [2.05, 4.69) is 27.2 Å². The van der Waals surface area contributed by atoms with Crippen molar-refractivity contribution in [3.05, 3.63) is 53.9 Å². The van der Waals surface area contributed by atoms with Crippen molar-refractivity contribution in [2.45, 2.75) is 26.4 Å². The van der Waals surface area contributed by atoms with Gasteiger partial charge in [-0.15, -0.1) is 0 Å². The molecule has 0 aliphatic carbocycles. The van der Waals surface area contributed by atoms with Gasteiger partial charge in [0.05, 0.1) is 5.69 Å². The van der Waals surface area contributed by atoms with Crippen LogP contribution in [0.15, 0.2) is 36.8 Å². The normalized spacial score (nSPS) is 12.4. The minimum Gasteiger partial charge on any atom is -0.305 e. The second kappa shape index (κ2) is 5.50. The van der Waals surface area contributed by atoms with Crippen molar-refractivity contribution in [2.24, 2.45) is 0 Å². The molecule has 0 radical (unpaired) electrons. The van der Waals surface area contributed by atoms with Crippen LogP contribution in [0.4, 0.5) is 0 Å². The Balaban J connectivity index is 1.95. The maximum Gasteiger partial charge on any atom is 0.125 e. The van der Waals surface area contributed by atoms with E-state index < -0.39 is 0 Å². The van der Waals surface area contributed by atoms with Gasteiger partial charge in [0.15, 0.2) is 0 Å². The first-order valence-corrected chi connectivity index (χ1v) is 5.67. The van der Waals surface area contributed by atoms with Crippen LogP contribution in [0.5, 0.6) is 0 Å². The molecular weight excluding hydrogens is 212 g/mol. The number of hydrogen-bond acceptors (Lipinski definition) is 4. The summed E-state index contributed by atoms with van der Waals surface area (Å²) < 4.78 is 0. The van der Waals surface area contributed by atoms with Crippen molar-refractivity contribution in [2.75, 3.05) is 0 Å². The number of aromatic nitrogens is 3. The molecule has 2 aromatic heterocycles. The lowest BCUT2D eigenvalue weighted by Gasteiger charge is -2.13. The molecule has 0 aromatic carbocycles. The Kier molecular flexibility index (Phi) is 3.77. The van der Waals surface area contributed by atoms with Gasteiger partial charge in [0.1, 0.15) is 5.82 Å². The largest absolute Gasteiger partial charge is 0.305 e. The highest BCUT2D eigenvalue weighted by Crippen LogP contribution is 2.10. The van der Waals surface area contributed by atoms with Crippen LogP contribution in [0.2, 0.25) is 0 Å². The lowest BCUT2D eigenvalue weighted by molar-refractivity contribution is 0.565. The number of rotatable bonds is 4. The van der Waals surface area contributed by atoms with E-state index in [0.717, 1.165) is 18.1 Å². The molecule has 0 bridgehead atoms. The van der Waals surface area contributed by atoms with Crippen molar-refractivity contribution in [1.29, 1.82) is 0 Å². The van der Waals surface area contributed by atoms with Gasteiger partial charge in [0.2, 0.25) is 0 Å². The summed E-state index contributed by atoms with van der Waals surface area (Å²) in [6.07, 6.45) is 5.40. The number of aryl methyl sites for hydroxylation is 1. The molecule has 0 unspecified atom stereocenters. The smallest absolute Gasteiger partial charge is 0.125 e. The Morgan fingerprint density at radius 2 is 1.94 bits per heavy atom. The predicted octanol–water partition coefficient (Wildman–Crippen LogP) is 2.03. The Morgan fingerprint density at radius 1 is 1.18 bits per heavy atom. The fourth-order valence-electron chi connectivity index (χ4n) is 1.63. The first-order chi connectivity index (χ1) is 8.25. The molecule has 17 heavy (non-hydrogen) atoms. The molecule has 0 amide bonds. The standard InChI is InChI=1S/C13H16N4/c1-10(12-3-6-14-7-4-12)16-9-13-5-8-15-11(2)17-13/h3-8,10,16H,9H2,1-2H3/t10-/m1/s1. The zero-order valence-electron chi connectivity index (χ0n) is 10.1. The molecule has 1 N–H and O–H groups in total. The number of pyridine rings is 1. The molecule has 2 heterocycles. The molecule has 2 aromatic rings. The van der Waals surface area contributed by atoms with Crippen molar-refractivity contribution in [3.63, 3.8) is 0 Å². The highest BCUT2D eigenvalue weighted by molar-refractivity contribution is 5.14. The van der Waals surface area contributed by atoms with Crippen LogP contribution in [0.1, 0.15) is 30.0 Å². The van der Waals surface area contributed by atoms with Gasteiger partial charge in [-0.05, 0) is 37.6 Å². The van der Waals surface area contributed by atoms with Gasteiger partial charge < -0.3 is 5.32 Å². The van der Waals surface area contributed by atoms with E-state index in [4.69, 9.17) is 0 Å². The first-order valence-electron chi connectivity index (χ1n) is 5.67.